The lowest BCUT2D eigenvalue weighted by atomic mass is 10.1. The third-order valence-electron chi connectivity index (χ3n) is 4.97. The molecular weight excluding hydrogens is 412 g/mol. The Hall–Kier alpha value is -3.88. The van der Waals surface area contributed by atoms with E-state index < -0.39 is 18.0 Å². The van der Waals surface area contributed by atoms with Crippen LogP contribution in [0.4, 0.5) is 5.69 Å². The van der Waals surface area contributed by atoms with E-state index in [1.54, 1.807) is 6.20 Å². The number of H-pyrrole nitrogens is 1. The third kappa shape index (κ3) is 6.31. The van der Waals surface area contributed by atoms with Gasteiger partial charge in [0.1, 0.15) is 0 Å². The maximum absolute atomic E-state index is 12.4. The van der Waals surface area contributed by atoms with Gasteiger partial charge in [-0.2, -0.15) is 5.10 Å². The number of hydrogen-bond donors (Lipinski definition) is 2. The molecule has 0 aliphatic heterocycles. The van der Waals surface area contributed by atoms with Gasteiger partial charge in [0.25, 0.3) is 0 Å². The first kappa shape index (κ1) is 22.8. The molecule has 2 aromatic heterocycles. The quantitative estimate of drug-likeness (QED) is 0.470. The van der Waals surface area contributed by atoms with E-state index in [2.05, 4.69) is 24.9 Å². The number of nitrogens with zero attached hydrogens (tertiary/aromatic N) is 2. The van der Waals surface area contributed by atoms with Crippen molar-refractivity contribution >= 4 is 23.5 Å². The van der Waals surface area contributed by atoms with Gasteiger partial charge in [-0.3, -0.25) is 19.1 Å². The monoisotopic (exact) mass is 438 g/mol. The van der Waals surface area contributed by atoms with Crippen LogP contribution in [0.1, 0.15) is 31.0 Å². The van der Waals surface area contributed by atoms with Crippen molar-refractivity contribution in [3.8, 4) is 11.3 Å². The first-order valence-electron chi connectivity index (χ1n) is 10.2. The van der Waals surface area contributed by atoms with Crippen molar-refractivity contribution in [3.05, 3.63) is 60.6 Å². The molecule has 0 unspecified atom stereocenters. The summed E-state index contributed by atoms with van der Waals surface area (Å²) in [6.07, 6.45) is 3.81. The number of ether oxygens (including phenoxy) is 2. The van der Waals surface area contributed by atoms with Crippen molar-refractivity contribution in [1.29, 1.82) is 0 Å². The molecule has 0 spiro atoms. The SMILES string of the molecule is COC(=O)CC(CC(=O)OC)n1cc(NC(=O)CCc2ccc(-c3ccccc3)[nH]2)cn1. The summed E-state index contributed by atoms with van der Waals surface area (Å²) >= 11 is 0. The molecule has 1 aromatic carbocycles. The molecule has 32 heavy (non-hydrogen) atoms. The van der Waals surface area contributed by atoms with Crippen LogP contribution in [-0.2, 0) is 30.3 Å². The average Bonchev–Trinajstić information content (AvgIpc) is 3.47. The van der Waals surface area contributed by atoms with E-state index in [4.69, 9.17) is 0 Å². The van der Waals surface area contributed by atoms with Crippen LogP contribution in [0.5, 0.6) is 0 Å². The molecule has 0 radical (unpaired) electrons. The van der Waals surface area contributed by atoms with Crippen molar-refractivity contribution < 1.29 is 23.9 Å². The number of carbonyl (C=O) groups is 3. The Kier molecular flexibility index (Phi) is 7.80. The second-order valence-electron chi connectivity index (χ2n) is 7.23. The molecule has 0 fully saturated rings. The van der Waals surface area contributed by atoms with Gasteiger partial charge in [-0.05, 0) is 24.1 Å². The predicted molar refractivity (Wildman–Crippen MR) is 118 cm³/mol. The molecule has 0 aliphatic carbocycles. The molecule has 0 bridgehead atoms. The number of methoxy groups -OCH3 is 2. The molecule has 0 aliphatic rings. The lowest BCUT2D eigenvalue weighted by molar-refractivity contribution is -0.144. The summed E-state index contributed by atoms with van der Waals surface area (Å²) < 4.78 is 10.8. The summed E-state index contributed by atoms with van der Waals surface area (Å²) in [6, 6.07) is 13.4. The number of anilines is 1. The van der Waals surface area contributed by atoms with Crippen LogP contribution < -0.4 is 5.32 Å². The fourth-order valence-corrected chi connectivity index (χ4v) is 3.26. The molecule has 1 amide bonds. The summed E-state index contributed by atoms with van der Waals surface area (Å²) in [5.74, 6) is -1.11. The van der Waals surface area contributed by atoms with E-state index in [0.717, 1.165) is 17.0 Å². The Morgan fingerprint density at radius 1 is 1.03 bits per heavy atom. The summed E-state index contributed by atoms with van der Waals surface area (Å²) in [5.41, 5.74) is 3.53. The first-order valence-corrected chi connectivity index (χ1v) is 10.2. The largest absolute Gasteiger partial charge is 0.469 e. The van der Waals surface area contributed by atoms with Crippen LogP contribution in [0.15, 0.2) is 54.9 Å². The van der Waals surface area contributed by atoms with Gasteiger partial charge in [0, 0.05) is 24.0 Å². The Labute approximate surface area is 185 Å². The zero-order chi connectivity index (χ0) is 22.9. The van der Waals surface area contributed by atoms with Gasteiger partial charge in [-0.25, -0.2) is 0 Å². The van der Waals surface area contributed by atoms with E-state index in [0.29, 0.717) is 12.1 Å². The zero-order valence-corrected chi connectivity index (χ0v) is 18.0. The fraction of sp³-hybridized carbons (Fsp3) is 0.304. The highest BCUT2D eigenvalue weighted by molar-refractivity contribution is 5.90. The molecule has 9 heteroatoms. The van der Waals surface area contributed by atoms with Crippen LogP contribution in [0.3, 0.4) is 0 Å². The van der Waals surface area contributed by atoms with Gasteiger partial charge in [-0.15, -0.1) is 0 Å². The number of nitrogens with one attached hydrogen (secondary N) is 2. The number of rotatable bonds is 10. The van der Waals surface area contributed by atoms with Crippen LogP contribution in [0.25, 0.3) is 11.3 Å². The number of carbonyl (C=O) groups excluding carboxylic acids is 3. The topological polar surface area (TPSA) is 115 Å². The maximum Gasteiger partial charge on any atom is 0.307 e. The molecule has 2 heterocycles. The molecule has 168 valence electrons. The molecule has 0 saturated carbocycles. The molecule has 2 N–H and O–H groups in total. The number of benzene rings is 1. The Morgan fingerprint density at radius 3 is 2.38 bits per heavy atom. The van der Waals surface area contributed by atoms with Gasteiger partial charge < -0.3 is 19.8 Å². The zero-order valence-electron chi connectivity index (χ0n) is 18.0. The molecule has 3 aromatic rings. The minimum atomic E-state index is -0.573. The number of aryl methyl sites for hydroxylation is 1. The van der Waals surface area contributed by atoms with Crippen molar-refractivity contribution in [3.63, 3.8) is 0 Å². The highest BCUT2D eigenvalue weighted by atomic mass is 16.5. The summed E-state index contributed by atoms with van der Waals surface area (Å²) in [4.78, 5) is 39.1. The first-order chi connectivity index (χ1) is 15.5. The standard InChI is InChI=1S/C23H26N4O5/c1-31-22(29)12-19(13-23(30)32-2)27-15-18(14-24-27)26-21(28)11-9-17-8-10-20(25-17)16-6-4-3-5-7-16/h3-8,10,14-15,19,25H,9,11-13H2,1-2H3,(H,26,28). The van der Waals surface area contributed by atoms with Crippen molar-refractivity contribution in [2.45, 2.75) is 31.7 Å². The lowest BCUT2D eigenvalue weighted by Crippen LogP contribution is -2.19. The molecule has 0 saturated heterocycles. The number of aromatic amines is 1. The minimum Gasteiger partial charge on any atom is -0.469 e. The van der Waals surface area contributed by atoms with E-state index in [9.17, 15) is 14.4 Å². The fourth-order valence-electron chi connectivity index (χ4n) is 3.26. The van der Waals surface area contributed by atoms with Crippen molar-refractivity contribution in [2.75, 3.05) is 19.5 Å². The van der Waals surface area contributed by atoms with Gasteiger partial charge in [-0.1, -0.05) is 30.3 Å². The highest BCUT2D eigenvalue weighted by Gasteiger charge is 2.21. The number of esters is 2. The molecule has 9 nitrogen and oxygen atoms in total. The van der Waals surface area contributed by atoms with Gasteiger partial charge >= 0.3 is 11.9 Å². The lowest BCUT2D eigenvalue weighted by Gasteiger charge is -2.15. The van der Waals surface area contributed by atoms with Gasteiger partial charge in [0.15, 0.2) is 0 Å². The van der Waals surface area contributed by atoms with Gasteiger partial charge in [0.2, 0.25) is 5.91 Å². The Bertz CT molecular complexity index is 1040. The summed E-state index contributed by atoms with van der Waals surface area (Å²) in [7, 11) is 2.55. The van der Waals surface area contributed by atoms with E-state index in [1.165, 1.54) is 25.1 Å². The Balaban J connectivity index is 1.56. The predicted octanol–water partition coefficient (Wildman–Crippen LogP) is 3.12. The Morgan fingerprint density at radius 2 is 1.72 bits per heavy atom. The van der Waals surface area contributed by atoms with E-state index in [1.807, 2.05) is 42.5 Å². The summed E-state index contributed by atoms with van der Waals surface area (Å²) in [5, 5.41) is 6.97. The summed E-state index contributed by atoms with van der Waals surface area (Å²) in [6.45, 7) is 0. The van der Waals surface area contributed by atoms with Gasteiger partial charge in [0.05, 0.1) is 45.0 Å². The van der Waals surface area contributed by atoms with Crippen LogP contribution in [-0.4, -0.2) is 46.8 Å². The van der Waals surface area contributed by atoms with Crippen LogP contribution >= 0.6 is 0 Å². The smallest absolute Gasteiger partial charge is 0.307 e. The molecule has 0 atom stereocenters. The van der Waals surface area contributed by atoms with Crippen LogP contribution in [0.2, 0.25) is 0 Å². The number of amides is 1. The second-order valence-corrected chi connectivity index (χ2v) is 7.23. The van der Waals surface area contributed by atoms with Crippen molar-refractivity contribution in [2.24, 2.45) is 0 Å². The molecule has 3 rings (SSSR count). The maximum atomic E-state index is 12.4. The third-order valence-corrected chi connectivity index (χ3v) is 4.97. The normalized spacial score (nSPS) is 10.7. The van der Waals surface area contributed by atoms with E-state index in [-0.39, 0.29) is 25.2 Å². The van der Waals surface area contributed by atoms with Crippen LogP contribution in [0, 0.1) is 0 Å². The number of aromatic nitrogens is 3. The second kappa shape index (κ2) is 10.9. The minimum absolute atomic E-state index is 0.0444. The van der Waals surface area contributed by atoms with E-state index >= 15 is 0 Å². The highest BCUT2D eigenvalue weighted by Crippen LogP contribution is 2.20. The molecular formula is C23H26N4O5. The van der Waals surface area contributed by atoms with Crippen molar-refractivity contribution in [1.82, 2.24) is 14.8 Å². The number of hydrogen-bond acceptors (Lipinski definition) is 6. The average molecular weight is 438 g/mol.